The molecular formula is C17H28N2O4S. The van der Waals surface area contributed by atoms with Crippen LogP contribution in [0.4, 0.5) is 0 Å². The van der Waals surface area contributed by atoms with E-state index in [4.69, 9.17) is 10.5 Å². The van der Waals surface area contributed by atoms with E-state index in [1.807, 2.05) is 20.8 Å². The van der Waals surface area contributed by atoms with E-state index in [2.05, 4.69) is 0 Å². The number of nitrogens with two attached hydrogens (primary N) is 1. The average molecular weight is 356 g/mol. The van der Waals surface area contributed by atoms with Gasteiger partial charge in [0.05, 0.1) is 17.5 Å². The van der Waals surface area contributed by atoms with Gasteiger partial charge < -0.3 is 15.4 Å². The van der Waals surface area contributed by atoms with Crippen LogP contribution in [-0.2, 0) is 14.6 Å². The quantitative estimate of drug-likeness (QED) is 0.751. The van der Waals surface area contributed by atoms with Crippen LogP contribution in [0.2, 0.25) is 0 Å². The number of amides is 1. The minimum Gasteiger partial charge on any atom is -0.494 e. The lowest BCUT2D eigenvalue weighted by Crippen LogP contribution is -2.49. The molecule has 0 fully saturated rings. The van der Waals surface area contributed by atoms with Gasteiger partial charge in [-0.2, -0.15) is 0 Å². The van der Waals surface area contributed by atoms with Crippen molar-refractivity contribution in [2.45, 2.75) is 38.1 Å². The molecule has 0 saturated heterocycles. The van der Waals surface area contributed by atoms with Crippen LogP contribution in [0.5, 0.6) is 5.75 Å². The number of sulfone groups is 1. The number of hydrogen-bond donors (Lipinski definition) is 1. The van der Waals surface area contributed by atoms with Gasteiger partial charge in [-0.25, -0.2) is 8.42 Å². The third-order valence-corrected chi connectivity index (χ3v) is 4.86. The molecule has 0 aliphatic heterocycles. The summed E-state index contributed by atoms with van der Waals surface area (Å²) in [6.45, 7) is 6.79. The van der Waals surface area contributed by atoms with Crippen LogP contribution in [0.1, 0.15) is 27.2 Å². The summed E-state index contributed by atoms with van der Waals surface area (Å²) in [5.74, 6) is 0.516. The Labute approximate surface area is 144 Å². The highest BCUT2D eigenvalue weighted by Gasteiger charge is 2.29. The van der Waals surface area contributed by atoms with E-state index in [0.29, 0.717) is 25.3 Å². The first-order chi connectivity index (χ1) is 10.9. The summed E-state index contributed by atoms with van der Waals surface area (Å²) in [6, 6.07) is 5.75. The number of likely N-dealkylation sites (N-methyl/N-ethyl adjacent to an activating group) is 1. The Balaban J connectivity index is 2.42. The Morgan fingerprint density at radius 1 is 1.25 bits per heavy atom. The normalized spacial score (nSPS) is 13.4. The van der Waals surface area contributed by atoms with E-state index in [0.717, 1.165) is 6.26 Å². The largest absolute Gasteiger partial charge is 0.494 e. The van der Waals surface area contributed by atoms with Crippen LogP contribution >= 0.6 is 0 Å². The minimum atomic E-state index is -3.20. The Hall–Kier alpha value is -1.60. The molecule has 136 valence electrons. The zero-order chi connectivity index (χ0) is 18.5. The first-order valence-corrected chi connectivity index (χ1v) is 9.75. The SMILES string of the molecule is CN(CCCOc1ccc(S(C)(=O)=O)cc1)C(=O)[C@@H](N)C(C)(C)C. The number of hydrogen-bond acceptors (Lipinski definition) is 5. The molecule has 0 heterocycles. The summed E-state index contributed by atoms with van der Waals surface area (Å²) in [6.07, 6.45) is 1.82. The van der Waals surface area contributed by atoms with Gasteiger partial charge in [-0.3, -0.25) is 4.79 Å². The maximum atomic E-state index is 12.2. The first kappa shape index (κ1) is 20.4. The Kier molecular flexibility index (Phi) is 6.80. The van der Waals surface area contributed by atoms with Gasteiger partial charge in [0, 0.05) is 19.8 Å². The summed E-state index contributed by atoms with van der Waals surface area (Å²) in [5, 5.41) is 0. The molecule has 1 aromatic rings. The molecular weight excluding hydrogens is 328 g/mol. The molecule has 0 aliphatic carbocycles. The fraction of sp³-hybridized carbons (Fsp3) is 0.588. The number of nitrogens with zero attached hydrogens (tertiary/aromatic N) is 1. The van der Waals surface area contributed by atoms with Crippen molar-refractivity contribution >= 4 is 15.7 Å². The van der Waals surface area contributed by atoms with E-state index in [1.54, 1.807) is 24.1 Å². The standard InChI is InChI=1S/C17H28N2O4S/c1-17(2,3)15(18)16(20)19(4)11-6-12-23-13-7-9-14(10-8-13)24(5,21)22/h7-10,15H,6,11-12,18H2,1-5H3/t15-/m1/s1. The second-order valence-electron chi connectivity index (χ2n) is 7.05. The van der Waals surface area contributed by atoms with Crippen LogP contribution in [0.25, 0.3) is 0 Å². The first-order valence-electron chi connectivity index (χ1n) is 7.86. The fourth-order valence-corrected chi connectivity index (χ4v) is 2.62. The molecule has 24 heavy (non-hydrogen) atoms. The molecule has 1 aromatic carbocycles. The maximum Gasteiger partial charge on any atom is 0.239 e. The highest BCUT2D eigenvalue weighted by atomic mass is 32.2. The van der Waals surface area contributed by atoms with Crippen LogP contribution < -0.4 is 10.5 Å². The molecule has 2 N–H and O–H groups in total. The third-order valence-electron chi connectivity index (χ3n) is 3.73. The smallest absolute Gasteiger partial charge is 0.239 e. The van der Waals surface area contributed by atoms with Gasteiger partial charge in [0.1, 0.15) is 5.75 Å². The molecule has 0 radical (unpaired) electrons. The van der Waals surface area contributed by atoms with Crippen molar-refractivity contribution in [1.29, 1.82) is 0 Å². The van der Waals surface area contributed by atoms with Gasteiger partial charge in [-0.1, -0.05) is 20.8 Å². The lowest BCUT2D eigenvalue weighted by molar-refractivity contribution is -0.133. The maximum absolute atomic E-state index is 12.2. The number of carbonyl (C=O) groups excluding carboxylic acids is 1. The van der Waals surface area contributed by atoms with Gasteiger partial charge in [0.25, 0.3) is 0 Å². The monoisotopic (exact) mass is 356 g/mol. The Morgan fingerprint density at radius 2 is 1.79 bits per heavy atom. The van der Waals surface area contributed by atoms with Crippen molar-refractivity contribution in [3.05, 3.63) is 24.3 Å². The molecule has 0 unspecified atom stereocenters. The second-order valence-corrected chi connectivity index (χ2v) is 9.06. The van der Waals surface area contributed by atoms with Crippen molar-refractivity contribution in [2.24, 2.45) is 11.1 Å². The van der Waals surface area contributed by atoms with E-state index in [9.17, 15) is 13.2 Å². The van der Waals surface area contributed by atoms with Gasteiger partial charge in [0.15, 0.2) is 9.84 Å². The predicted octanol–water partition coefficient (Wildman–Crippen LogP) is 1.69. The van der Waals surface area contributed by atoms with Crippen molar-refractivity contribution in [2.75, 3.05) is 26.5 Å². The van der Waals surface area contributed by atoms with Crippen molar-refractivity contribution < 1.29 is 17.9 Å². The van der Waals surface area contributed by atoms with Crippen LogP contribution in [0.3, 0.4) is 0 Å². The van der Waals surface area contributed by atoms with E-state index < -0.39 is 15.9 Å². The Bertz CT molecular complexity index is 648. The summed E-state index contributed by atoms with van der Waals surface area (Å²) in [4.78, 5) is 14.1. The second kappa shape index (κ2) is 7.98. The minimum absolute atomic E-state index is 0.0833. The zero-order valence-corrected chi connectivity index (χ0v) is 15.9. The molecule has 0 saturated carbocycles. The summed E-state index contributed by atoms with van der Waals surface area (Å²) in [7, 11) is -1.47. The molecule has 6 nitrogen and oxygen atoms in total. The number of ether oxygens (including phenoxy) is 1. The van der Waals surface area contributed by atoms with Crippen molar-refractivity contribution in [3.63, 3.8) is 0 Å². The Morgan fingerprint density at radius 3 is 2.25 bits per heavy atom. The van der Waals surface area contributed by atoms with E-state index >= 15 is 0 Å². The predicted molar refractivity (Wildman–Crippen MR) is 94.7 cm³/mol. The fourth-order valence-electron chi connectivity index (χ4n) is 1.99. The van der Waals surface area contributed by atoms with Gasteiger partial charge in [-0.05, 0) is 36.1 Å². The van der Waals surface area contributed by atoms with Gasteiger partial charge in [0.2, 0.25) is 5.91 Å². The van der Waals surface area contributed by atoms with Crippen LogP contribution in [0.15, 0.2) is 29.2 Å². The summed E-state index contributed by atoms with van der Waals surface area (Å²) in [5.41, 5.74) is 5.69. The molecule has 7 heteroatoms. The average Bonchev–Trinajstić information content (AvgIpc) is 2.48. The zero-order valence-electron chi connectivity index (χ0n) is 15.1. The molecule has 0 bridgehead atoms. The van der Waals surface area contributed by atoms with Crippen LogP contribution in [0, 0.1) is 5.41 Å². The topological polar surface area (TPSA) is 89.7 Å². The summed E-state index contributed by atoms with van der Waals surface area (Å²) >= 11 is 0. The van der Waals surface area contributed by atoms with Gasteiger partial charge >= 0.3 is 0 Å². The van der Waals surface area contributed by atoms with Crippen molar-refractivity contribution in [3.8, 4) is 5.75 Å². The molecule has 0 aromatic heterocycles. The van der Waals surface area contributed by atoms with E-state index in [-0.39, 0.29) is 16.2 Å². The molecule has 1 amide bonds. The van der Waals surface area contributed by atoms with Crippen molar-refractivity contribution in [1.82, 2.24) is 4.90 Å². The lowest BCUT2D eigenvalue weighted by Gasteiger charge is -2.30. The third kappa shape index (κ3) is 6.13. The highest BCUT2D eigenvalue weighted by molar-refractivity contribution is 7.90. The molecule has 0 aliphatic rings. The lowest BCUT2D eigenvalue weighted by atomic mass is 9.86. The molecule has 1 atom stereocenters. The number of benzene rings is 1. The number of rotatable bonds is 7. The van der Waals surface area contributed by atoms with Crippen LogP contribution in [-0.4, -0.2) is 51.7 Å². The molecule has 0 spiro atoms. The van der Waals surface area contributed by atoms with Gasteiger partial charge in [-0.15, -0.1) is 0 Å². The number of carbonyl (C=O) groups is 1. The summed E-state index contributed by atoms with van der Waals surface area (Å²) < 4.78 is 28.3. The van der Waals surface area contributed by atoms with E-state index in [1.165, 1.54) is 12.1 Å². The highest BCUT2D eigenvalue weighted by Crippen LogP contribution is 2.19. The molecule has 1 rings (SSSR count).